The lowest BCUT2D eigenvalue weighted by Gasteiger charge is -2.46. The molecule has 5 unspecified atom stereocenters. The third-order valence-corrected chi connectivity index (χ3v) is 12.5. The minimum absolute atomic E-state index is 0.161. The van der Waals surface area contributed by atoms with E-state index >= 15 is 0 Å². The van der Waals surface area contributed by atoms with Gasteiger partial charge in [-0.25, -0.2) is 4.79 Å². The molecule has 0 amide bonds. The van der Waals surface area contributed by atoms with Gasteiger partial charge < -0.3 is 19.0 Å². The van der Waals surface area contributed by atoms with Gasteiger partial charge in [-0.1, -0.05) is 107 Å². The van der Waals surface area contributed by atoms with Crippen molar-refractivity contribution in [1.29, 1.82) is 0 Å². The van der Waals surface area contributed by atoms with Gasteiger partial charge in [-0.2, -0.15) is 0 Å². The van der Waals surface area contributed by atoms with Crippen molar-refractivity contribution in [2.45, 2.75) is 64.1 Å². The van der Waals surface area contributed by atoms with Crippen molar-refractivity contribution in [2.75, 3.05) is 6.61 Å². The average Bonchev–Trinajstić information content (AvgIpc) is 2.90. The second kappa shape index (κ2) is 11.3. The molecule has 4 rings (SSSR count). The van der Waals surface area contributed by atoms with Gasteiger partial charge in [-0.05, 0) is 34.5 Å². The zero-order valence-electron chi connectivity index (χ0n) is 22.3. The first-order chi connectivity index (χ1) is 17.6. The van der Waals surface area contributed by atoms with Crippen LogP contribution < -0.4 is 10.4 Å². The van der Waals surface area contributed by atoms with Crippen LogP contribution in [0, 0.1) is 5.92 Å². The number of rotatable bonds is 7. The fourth-order valence-electron chi connectivity index (χ4n) is 5.37. The maximum Gasteiger partial charge on any atom is 0.338 e. The Morgan fingerprint density at radius 3 is 1.84 bits per heavy atom. The SMILES string of the molecule is CC1OC(CO[Si](c2ccccc2)(c2ccccc2)C(C)(C)C)C(C)C(O)C1OC(=O)c1ccccc1. The van der Waals surface area contributed by atoms with E-state index in [-0.39, 0.29) is 17.1 Å². The minimum atomic E-state index is -2.74. The van der Waals surface area contributed by atoms with Gasteiger partial charge in [0.05, 0.1) is 30.5 Å². The van der Waals surface area contributed by atoms with Crippen molar-refractivity contribution in [3.63, 3.8) is 0 Å². The summed E-state index contributed by atoms with van der Waals surface area (Å²) in [4.78, 5) is 12.7. The lowest BCUT2D eigenvalue weighted by atomic mass is 9.88. The standard InChI is InChI=1S/C31H38O5Si/c1-22-27(35-23(2)29(28(22)32)36-30(33)24-15-9-6-10-16-24)21-34-37(31(3,4)5,25-17-11-7-12-18-25)26-19-13-8-14-20-26/h6-20,22-23,27-29,32H,21H2,1-5H3. The molecule has 1 N–H and O–H groups in total. The number of benzene rings is 3. The van der Waals surface area contributed by atoms with E-state index < -0.39 is 32.6 Å². The summed E-state index contributed by atoms with van der Waals surface area (Å²) in [5.41, 5.74) is 0.451. The molecule has 196 valence electrons. The summed E-state index contributed by atoms with van der Waals surface area (Å²) in [5.74, 6) is -0.752. The lowest BCUT2D eigenvalue weighted by Crippen LogP contribution is -2.67. The molecule has 0 aromatic heterocycles. The van der Waals surface area contributed by atoms with Crippen LogP contribution in [0.15, 0.2) is 91.0 Å². The highest BCUT2D eigenvalue weighted by Gasteiger charge is 2.51. The molecule has 3 aromatic rings. The van der Waals surface area contributed by atoms with Crippen molar-refractivity contribution in [1.82, 2.24) is 0 Å². The second-order valence-corrected chi connectivity index (χ2v) is 15.2. The average molecular weight is 519 g/mol. The molecule has 0 spiro atoms. The second-order valence-electron chi connectivity index (χ2n) is 10.9. The highest BCUT2D eigenvalue weighted by Crippen LogP contribution is 2.38. The number of aliphatic hydroxyl groups excluding tert-OH is 1. The summed E-state index contributed by atoms with van der Waals surface area (Å²) in [5, 5.41) is 13.4. The van der Waals surface area contributed by atoms with Gasteiger partial charge >= 0.3 is 5.97 Å². The van der Waals surface area contributed by atoms with E-state index in [0.29, 0.717) is 12.2 Å². The molecule has 6 heteroatoms. The van der Waals surface area contributed by atoms with Crippen LogP contribution in [0.3, 0.4) is 0 Å². The van der Waals surface area contributed by atoms with Gasteiger partial charge in [-0.15, -0.1) is 0 Å². The maximum absolute atomic E-state index is 12.7. The van der Waals surface area contributed by atoms with Crippen LogP contribution in [0.2, 0.25) is 5.04 Å². The molecule has 5 nitrogen and oxygen atoms in total. The Labute approximate surface area is 221 Å². The minimum Gasteiger partial charge on any atom is -0.453 e. The first kappa shape index (κ1) is 27.3. The number of ether oxygens (including phenoxy) is 2. The van der Waals surface area contributed by atoms with Crippen molar-refractivity contribution in [2.24, 2.45) is 5.92 Å². The predicted molar refractivity (Wildman–Crippen MR) is 149 cm³/mol. The van der Waals surface area contributed by atoms with Crippen LogP contribution in [0.5, 0.6) is 0 Å². The number of hydrogen-bond acceptors (Lipinski definition) is 5. The summed E-state index contributed by atoms with van der Waals surface area (Å²) in [6.45, 7) is 10.8. The lowest BCUT2D eigenvalue weighted by molar-refractivity contribution is -0.197. The Kier molecular flexibility index (Phi) is 8.34. The van der Waals surface area contributed by atoms with Crippen molar-refractivity contribution in [3.8, 4) is 0 Å². The van der Waals surface area contributed by atoms with Crippen LogP contribution in [0.4, 0.5) is 0 Å². The molecular formula is C31H38O5Si. The molecule has 0 aliphatic carbocycles. The predicted octanol–water partition coefficient (Wildman–Crippen LogP) is 4.57. The smallest absolute Gasteiger partial charge is 0.338 e. The molecule has 1 aliphatic heterocycles. The molecule has 1 fully saturated rings. The fraction of sp³-hybridized carbons (Fsp3) is 0.387. The van der Waals surface area contributed by atoms with Crippen LogP contribution in [-0.4, -0.2) is 50.4 Å². The van der Waals surface area contributed by atoms with Gasteiger partial charge in [0.1, 0.15) is 0 Å². The topological polar surface area (TPSA) is 65.0 Å². The number of aliphatic hydroxyl groups is 1. The van der Waals surface area contributed by atoms with E-state index in [1.807, 2.05) is 32.0 Å². The molecule has 0 saturated carbocycles. The molecule has 5 atom stereocenters. The van der Waals surface area contributed by atoms with E-state index in [1.165, 1.54) is 10.4 Å². The van der Waals surface area contributed by atoms with Crippen LogP contribution >= 0.6 is 0 Å². The van der Waals surface area contributed by atoms with Crippen molar-refractivity contribution >= 4 is 24.7 Å². The number of esters is 1. The number of carbonyl (C=O) groups excluding carboxylic acids is 1. The third-order valence-electron chi connectivity index (χ3n) is 7.45. The Bertz CT molecular complexity index is 1110. The molecule has 1 aliphatic rings. The Balaban J connectivity index is 1.57. The summed E-state index contributed by atoms with van der Waals surface area (Å²) in [6.07, 6.45) is -2.46. The van der Waals surface area contributed by atoms with Gasteiger partial charge in [-0.3, -0.25) is 0 Å². The largest absolute Gasteiger partial charge is 0.453 e. The van der Waals surface area contributed by atoms with Crippen molar-refractivity contribution in [3.05, 3.63) is 96.6 Å². The van der Waals surface area contributed by atoms with Crippen molar-refractivity contribution < 1.29 is 23.8 Å². The summed E-state index contributed by atoms with van der Waals surface area (Å²) >= 11 is 0. The van der Waals surface area contributed by atoms with Gasteiger partial charge in [0, 0.05) is 5.92 Å². The molecule has 1 heterocycles. The third kappa shape index (κ3) is 5.58. The molecule has 0 radical (unpaired) electrons. The fourth-order valence-corrected chi connectivity index (χ4v) is 9.93. The summed E-state index contributed by atoms with van der Waals surface area (Å²) in [6, 6.07) is 29.8. The highest BCUT2D eigenvalue weighted by atomic mass is 28.4. The normalized spacial score (nSPS) is 24.4. The van der Waals surface area contributed by atoms with E-state index in [2.05, 4.69) is 69.3 Å². The Hall–Kier alpha value is -2.77. The maximum atomic E-state index is 12.7. The number of hydrogen-bond donors (Lipinski definition) is 1. The summed E-state index contributed by atoms with van der Waals surface area (Å²) < 4.78 is 19.1. The van der Waals surface area contributed by atoms with E-state index in [1.54, 1.807) is 24.3 Å². The first-order valence-corrected chi connectivity index (χ1v) is 14.9. The van der Waals surface area contributed by atoms with E-state index in [4.69, 9.17) is 13.9 Å². The van der Waals surface area contributed by atoms with Crippen LogP contribution in [0.1, 0.15) is 45.0 Å². The van der Waals surface area contributed by atoms with Crippen LogP contribution in [-0.2, 0) is 13.9 Å². The van der Waals surface area contributed by atoms with Gasteiger partial charge in [0.15, 0.2) is 6.10 Å². The first-order valence-electron chi connectivity index (χ1n) is 13.0. The Morgan fingerprint density at radius 1 is 0.865 bits per heavy atom. The van der Waals surface area contributed by atoms with Crippen LogP contribution in [0.25, 0.3) is 0 Å². The highest BCUT2D eigenvalue weighted by molar-refractivity contribution is 6.99. The molecule has 37 heavy (non-hydrogen) atoms. The molecule has 3 aromatic carbocycles. The number of carbonyl (C=O) groups is 1. The Morgan fingerprint density at radius 2 is 1.35 bits per heavy atom. The quantitative estimate of drug-likeness (QED) is 0.367. The summed E-state index contributed by atoms with van der Waals surface area (Å²) in [7, 11) is -2.74. The zero-order valence-corrected chi connectivity index (χ0v) is 23.3. The van der Waals surface area contributed by atoms with E-state index in [0.717, 1.165) is 0 Å². The van der Waals surface area contributed by atoms with Gasteiger partial charge in [0.25, 0.3) is 8.32 Å². The monoisotopic (exact) mass is 518 g/mol. The molecular weight excluding hydrogens is 480 g/mol. The molecule has 0 bridgehead atoms. The van der Waals surface area contributed by atoms with E-state index in [9.17, 15) is 9.90 Å². The molecule has 1 saturated heterocycles. The zero-order chi connectivity index (χ0) is 26.6. The van der Waals surface area contributed by atoms with Gasteiger partial charge in [0.2, 0.25) is 0 Å².